The molecule has 0 spiro atoms. The summed E-state index contributed by atoms with van der Waals surface area (Å²) in [5.41, 5.74) is 2.15. The van der Waals surface area contributed by atoms with Gasteiger partial charge in [-0.15, -0.1) is 11.6 Å². The van der Waals surface area contributed by atoms with Crippen LogP contribution in [0.5, 0.6) is 0 Å². The molecular formula is C14H8Cl3FN2. The van der Waals surface area contributed by atoms with Crippen molar-refractivity contribution in [3.8, 4) is 5.69 Å². The first-order valence-electron chi connectivity index (χ1n) is 5.78. The van der Waals surface area contributed by atoms with Crippen molar-refractivity contribution in [1.82, 2.24) is 9.55 Å². The van der Waals surface area contributed by atoms with Gasteiger partial charge in [-0.1, -0.05) is 23.2 Å². The molecule has 2 aromatic carbocycles. The van der Waals surface area contributed by atoms with E-state index >= 15 is 0 Å². The minimum absolute atomic E-state index is 0.208. The first-order valence-corrected chi connectivity index (χ1v) is 7.07. The Kier molecular flexibility index (Phi) is 3.59. The van der Waals surface area contributed by atoms with Crippen LogP contribution in [0.2, 0.25) is 10.0 Å². The zero-order valence-electron chi connectivity index (χ0n) is 10.1. The lowest BCUT2D eigenvalue weighted by Crippen LogP contribution is -2.00. The summed E-state index contributed by atoms with van der Waals surface area (Å²) in [5.74, 6) is 0.436. The van der Waals surface area contributed by atoms with Gasteiger partial charge in [-0.3, -0.25) is 4.57 Å². The molecule has 0 aliphatic heterocycles. The lowest BCUT2D eigenvalue weighted by Gasteiger charge is -2.10. The average molecular weight is 330 g/mol. The summed E-state index contributed by atoms with van der Waals surface area (Å²) in [6.07, 6.45) is 0. The number of aromatic nitrogens is 2. The molecule has 0 fully saturated rings. The Morgan fingerprint density at radius 1 is 1.10 bits per heavy atom. The minimum Gasteiger partial charge on any atom is -0.294 e. The molecule has 3 rings (SSSR count). The molecule has 0 aliphatic rings. The maximum atomic E-state index is 13.2. The zero-order chi connectivity index (χ0) is 14.3. The molecule has 0 unspecified atom stereocenters. The third-order valence-electron chi connectivity index (χ3n) is 2.96. The minimum atomic E-state index is -0.395. The first-order chi connectivity index (χ1) is 9.60. The van der Waals surface area contributed by atoms with Crippen LogP contribution in [-0.2, 0) is 5.88 Å². The molecule has 6 heteroatoms. The summed E-state index contributed by atoms with van der Waals surface area (Å²) in [7, 11) is 0. The van der Waals surface area contributed by atoms with E-state index in [1.54, 1.807) is 22.8 Å². The largest absolute Gasteiger partial charge is 0.294 e. The van der Waals surface area contributed by atoms with E-state index in [0.717, 1.165) is 11.0 Å². The number of nitrogens with zero attached hydrogens (tertiary/aromatic N) is 2. The van der Waals surface area contributed by atoms with E-state index in [0.29, 0.717) is 16.5 Å². The van der Waals surface area contributed by atoms with Crippen molar-refractivity contribution in [2.45, 2.75) is 5.88 Å². The Labute approximate surface area is 129 Å². The Hall–Kier alpha value is -1.29. The van der Waals surface area contributed by atoms with E-state index in [2.05, 4.69) is 4.98 Å². The van der Waals surface area contributed by atoms with Crippen LogP contribution in [0.25, 0.3) is 16.7 Å². The summed E-state index contributed by atoms with van der Waals surface area (Å²) >= 11 is 18.1. The molecule has 1 heterocycles. The standard InChI is InChI=1S/C14H8Cl3FN2/c15-7-14-19-11-3-1-8(16)5-13(11)20(14)12-4-2-9(18)6-10(12)17/h1-6H,7H2. The van der Waals surface area contributed by atoms with Gasteiger partial charge in [0.25, 0.3) is 0 Å². The molecule has 2 nitrogen and oxygen atoms in total. The highest BCUT2D eigenvalue weighted by atomic mass is 35.5. The van der Waals surface area contributed by atoms with E-state index in [9.17, 15) is 4.39 Å². The molecule has 20 heavy (non-hydrogen) atoms. The summed E-state index contributed by atoms with van der Waals surface area (Å²) in [6.45, 7) is 0. The first kappa shape index (κ1) is 13.7. The highest BCUT2D eigenvalue weighted by molar-refractivity contribution is 6.32. The summed E-state index contributed by atoms with van der Waals surface area (Å²) in [6, 6.07) is 9.53. The number of hydrogen-bond acceptors (Lipinski definition) is 1. The van der Waals surface area contributed by atoms with E-state index < -0.39 is 5.82 Å². The van der Waals surface area contributed by atoms with Gasteiger partial charge in [-0.25, -0.2) is 9.37 Å². The van der Waals surface area contributed by atoms with Crippen LogP contribution in [0.1, 0.15) is 5.82 Å². The van der Waals surface area contributed by atoms with Gasteiger partial charge >= 0.3 is 0 Å². The van der Waals surface area contributed by atoms with Crippen LogP contribution < -0.4 is 0 Å². The topological polar surface area (TPSA) is 17.8 Å². The quantitative estimate of drug-likeness (QED) is 0.590. The molecule has 102 valence electrons. The average Bonchev–Trinajstić information content (AvgIpc) is 2.76. The number of benzene rings is 2. The van der Waals surface area contributed by atoms with Crippen LogP contribution in [0.15, 0.2) is 36.4 Å². The number of alkyl halides is 1. The highest BCUT2D eigenvalue weighted by Crippen LogP contribution is 2.29. The maximum absolute atomic E-state index is 13.2. The zero-order valence-corrected chi connectivity index (χ0v) is 12.3. The van der Waals surface area contributed by atoms with Crippen molar-refractivity contribution in [3.05, 3.63) is 58.1 Å². The fourth-order valence-corrected chi connectivity index (χ4v) is 2.72. The van der Waals surface area contributed by atoms with E-state index in [1.165, 1.54) is 12.1 Å². The van der Waals surface area contributed by atoms with Gasteiger partial charge in [0, 0.05) is 5.02 Å². The molecule has 3 aromatic rings. The fourth-order valence-electron chi connectivity index (χ4n) is 2.12. The van der Waals surface area contributed by atoms with Crippen molar-refractivity contribution in [3.63, 3.8) is 0 Å². The second kappa shape index (κ2) is 5.24. The maximum Gasteiger partial charge on any atom is 0.129 e. The lowest BCUT2D eigenvalue weighted by atomic mass is 10.2. The van der Waals surface area contributed by atoms with Gasteiger partial charge in [0.15, 0.2) is 0 Å². The number of halogens is 4. The third-order valence-corrected chi connectivity index (χ3v) is 3.73. The predicted octanol–water partition coefficient (Wildman–Crippen LogP) is 5.21. The van der Waals surface area contributed by atoms with Gasteiger partial charge in [-0.05, 0) is 36.4 Å². The Morgan fingerprint density at radius 3 is 2.60 bits per heavy atom. The molecule has 0 saturated heterocycles. The fraction of sp³-hybridized carbons (Fsp3) is 0.0714. The van der Waals surface area contributed by atoms with Gasteiger partial charge in [0.05, 0.1) is 27.6 Å². The number of imidazole rings is 1. The van der Waals surface area contributed by atoms with E-state index in [4.69, 9.17) is 34.8 Å². The Bertz CT molecular complexity index is 798. The van der Waals surface area contributed by atoms with E-state index in [1.807, 2.05) is 6.07 Å². The second-order valence-electron chi connectivity index (χ2n) is 4.23. The van der Waals surface area contributed by atoms with Crippen LogP contribution >= 0.6 is 34.8 Å². The molecule has 1 aromatic heterocycles. The molecule has 0 N–H and O–H groups in total. The number of rotatable bonds is 2. The molecule has 0 radical (unpaired) electrons. The predicted molar refractivity (Wildman–Crippen MR) is 80.6 cm³/mol. The van der Waals surface area contributed by atoms with Gasteiger partial charge in [-0.2, -0.15) is 0 Å². The summed E-state index contributed by atoms with van der Waals surface area (Å²) in [5, 5.41) is 0.869. The molecule has 0 amide bonds. The van der Waals surface area contributed by atoms with Crippen LogP contribution in [0, 0.1) is 5.82 Å². The summed E-state index contributed by atoms with van der Waals surface area (Å²) in [4.78, 5) is 4.43. The SMILES string of the molecule is Fc1ccc(-n2c(CCl)nc3ccc(Cl)cc32)c(Cl)c1. The van der Waals surface area contributed by atoms with Crippen molar-refractivity contribution in [2.24, 2.45) is 0 Å². The Balaban J connectivity index is 2.36. The van der Waals surface area contributed by atoms with Gasteiger partial charge in [0.1, 0.15) is 11.6 Å². The Morgan fingerprint density at radius 2 is 1.90 bits per heavy atom. The van der Waals surface area contributed by atoms with Crippen LogP contribution in [-0.4, -0.2) is 9.55 Å². The van der Waals surface area contributed by atoms with Gasteiger partial charge in [0.2, 0.25) is 0 Å². The van der Waals surface area contributed by atoms with Crippen molar-refractivity contribution in [1.29, 1.82) is 0 Å². The molecular weight excluding hydrogens is 322 g/mol. The molecule has 0 aliphatic carbocycles. The molecule has 0 saturated carbocycles. The molecule has 0 bridgehead atoms. The monoisotopic (exact) mass is 328 g/mol. The number of fused-ring (bicyclic) bond motifs is 1. The summed E-state index contributed by atoms with van der Waals surface area (Å²) < 4.78 is 15.0. The smallest absolute Gasteiger partial charge is 0.129 e. The van der Waals surface area contributed by atoms with Crippen molar-refractivity contribution >= 4 is 45.8 Å². The van der Waals surface area contributed by atoms with Gasteiger partial charge < -0.3 is 0 Å². The van der Waals surface area contributed by atoms with E-state index in [-0.39, 0.29) is 10.9 Å². The second-order valence-corrected chi connectivity index (χ2v) is 5.34. The van der Waals surface area contributed by atoms with Crippen LogP contribution in [0.3, 0.4) is 0 Å². The lowest BCUT2D eigenvalue weighted by molar-refractivity contribution is 0.627. The normalized spacial score (nSPS) is 11.2. The van der Waals surface area contributed by atoms with Crippen LogP contribution in [0.4, 0.5) is 4.39 Å². The highest BCUT2D eigenvalue weighted by Gasteiger charge is 2.14. The third kappa shape index (κ3) is 2.26. The van der Waals surface area contributed by atoms with Crippen molar-refractivity contribution < 1.29 is 4.39 Å². The molecule has 0 atom stereocenters. The van der Waals surface area contributed by atoms with Crippen molar-refractivity contribution in [2.75, 3.05) is 0 Å². The number of hydrogen-bond donors (Lipinski definition) is 0.